The third kappa shape index (κ3) is 4.56. The number of carbonyl (C=O) groups is 2. The van der Waals surface area contributed by atoms with Crippen molar-refractivity contribution in [2.75, 3.05) is 26.5 Å². The van der Waals surface area contributed by atoms with E-state index in [4.69, 9.17) is 4.74 Å². The Labute approximate surface area is 147 Å². The fourth-order valence-electron chi connectivity index (χ4n) is 2.47. The van der Waals surface area contributed by atoms with Gasteiger partial charge < -0.3 is 20.3 Å². The van der Waals surface area contributed by atoms with Crippen molar-refractivity contribution in [2.24, 2.45) is 5.92 Å². The average Bonchev–Trinajstić information content (AvgIpc) is 2.61. The molecule has 0 aliphatic carbocycles. The van der Waals surface area contributed by atoms with Crippen LogP contribution in [-0.4, -0.2) is 48.7 Å². The summed E-state index contributed by atoms with van der Waals surface area (Å²) in [5.41, 5.74) is 1.06. The van der Waals surface area contributed by atoms with Crippen LogP contribution in [0, 0.1) is 5.92 Å². The molecule has 0 spiro atoms. The van der Waals surface area contributed by atoms with Gasteiger partial charge in [-0.05, 0) is 24.6 Å². The molecule has 2 N–H and O–H groups in total. The first-order valence-electron chi connectivity index (χ1n) is 7.98. The second-order valence-electron chi connectivity index (χ2n) is 6.02. The molecule has 1 aromatic carbocycles. The number of methoxy groups -OCH3 is 1. The van der Waals surface area contributed by atoms with Crippen LogP contribution < -0.4 is 15.4 Å². The van der Waals surface area contributed by atoms with Crippen LogP contribution in [-0.2, 0) is 4.79 Å². The summed E-state index contributed by atoms with van der Waals surface area (Å²) in [5, 5.41) is 5.58. The number of hydrogen-bond donors (Lipinski definition) is 2. The van der Waals surface area contributed by atoms with E-state index in [1.807, 2.05) is 38.2 Å². The van der Waals surface area contributed by atoms with Crippen molar-refractivity contribution in [3.63, 3.8) is 0 Å². The lowest BCUT2D eigenvalue weighted by Gasteiger charge is -2.31. The molecule has 1 heterocycles. The molecule has 7 heteroatoms. The summed E-state index contributed by atoms with van der Waals surface area (Å²) in [6.45, 7) is 4.69. The molecular formula is C17H25N3O3S. The Hall–Kier alpha value is -1.89. The van der Waals surface area contributed by atoms with Gasteiger partial charge in [0.25, 0.3) is 0 Å². The molecule has 1 fully saturated rings. The van der Waals surface area contributed by atoms with E-state index >= 15 is 0 Å². The molecule has 0 saturated carbocycles. The van der Waals surface area contributed by atoms with Gasteiger partial charge in [-0.15, -0.1) is 11.8 Å². The quantitative estimate of drug-likeness (QED) is 0.824. The van der Waals surface area contributed by atoms with Crippen molar-refractivity contribution in [3.8, 4) is 5.75 Å². The summed E-state index contributed by atoms with van der Waals surface area (Å²) in [7, 11) is 3.44. The highest BCUT2D eigenvalue weighted by Gasteiger charge is 2.27. The maximum absolute atomic E-state index is 12.5. The third-order valence-electron chi connectivity index (χ3n) is 4.33. The van der Waals surface area contributed by atoms with E-state index in [-0.39, 0.29) is 29.3 Å². The van der Waals surface area contributed by atoms with E-state index in [1.54, 1.807) is 12.0 Å². The first kappa shape index (κ1) is 18.4. The van der Waals surface area contributed by atoms with E-state index in [2.05, 4.69) is 17.6 Å². The minimum atomic E-state index is -0.169. The van der Waals surface area contributed by atoms with E-state index in [0.717, 1.165) is 11.3 Å². The van der Waals surface area contributed by atoms with E-state index in [0.29, 0.717) is 12.3 Å². The second-order valence-corrected chi connectivity index (χ2v) is 7.15. The highest BCUT2D eigenvalue weighted by atomic mass is 32.2. The van der Waals surface area contributed by atoms with Crippen LogP contribution in [0.2, 0.25) is 0 Å². The number of carbonyl (C=O) groups excluding carboxylic acids is 2. The van der Waals surface area contributed by atoms with E-state index < -0.39 is 0 Å². The fourth-order valence-corrected chi connectivity index (χ4v) is 3.61. The van der Waals surface area contributed by atoms with Crippen molar-refractivity contribution in [2.45, 2.75) is 25.3 Å². The van der Waals surface area contributed by atoms with Gasteiger partial charge in [-0.1, -0.05) is 19.1 Å². The number of thioether (sulfide) groups is 1. The lowest BCUT2D eigenvalue weighted by Crippen LogP contribution is -2.53. The van der Waals surface area contributed by atoms with Crippen LogP contribution in [0.4, 0.5) is 4.79 Å². The zero-order valence-electron chi connectivity index (χ0n) is 14.5. The van der Waals surface area contributed by atoms with Crippen molar-refractivity contribution >= 4 is 23.7 Å². The highest BCUT2D eigenvalue weighted by molar-refractivity contribution is 8.00. The van der Waals surface area contributed by atoms with Gasteiger partial charge >= 0.3 is 6.03 Å². The van der Waals surface area contributed by atoms with Gasteiger partial charge in [-0.3, -0.25) is 4.79 Å². The van der Waals surface area contributed by atoms with Gasteiger partial charge in [0.2, 0.25) is 5.91 Å². The Bertz CT molecular complexity index is 579. The molecule has 2 rings (SSSR count). The van der Waals surface area contributed by atoms with Gasteiger partial charge in [0.15, 0.2) is 0 Å². The lowest BCUT2D eigenvalue weighted by molar-refractivity contribution is -0.128. The fraction of sp³-hybridized carbons (Fsp3) is 0.529. The number of nitrogens with one attached hydrogen (secondary N) is 2. The summed E-state index contributed by atoms with van der Waals surface area (Å²) in [6, 6.07) is 7.53. The molecule has 0 bridgehead atoms. The van der Waals surface area contributed by atoms with Crippen LogP contribution in [0.25, 0.3) is 0 Å². The Morgan fingerprint density at radius 1 is 1.42 bits per heavy atom. The molecule has 1 aliphatic rings. The molecular weight excluding hydrogens is 326 g/mol. The van der Waals surface area contributed by atoms with Crippen molar-refractivity contribution in [1.82, 2.24) is 15.5 Å². The number of urea groups is 1. The average molecular weight is 351 g/mol. The predicted octanol–water partition coefficient (Wildman–Crippen LogP) is 2.22. The highest BCUT2D eigenvalue weighted by Crippen LogP contribution is 2.24. The van der Waals surface area contributed by atoms with Crippen LogP contribution >= 0.6 is 11.8 Å². The minimum absolute atomic E-state index is 0.0240. The Morgan fingerprint density at radius 3 is 2.71 bits per heavy atom. The number of benzene rings is 1. The zero-order valence-corrected chi connectivity index (χ0v) is 15.4. The largest absolute Gasteiger partial charge is 0.497 e. The van der Waals surface area contributed by atoms with Crippen molar-refractivity contribution in [1.29, 1.82) is 0 Å². The van der Waals surface area contributed by atoms with E-state index in [1.165, 1.54) is 11.8 Å². The summed E-state index contributed by atoms with van der Waals surface area (Å²) < 4.78 is 5.16. The SMILES string of the molecule is COc1ccc([C@@H](C)N(C)C(=O)CSC2NC(=O)NCC2C)cc1. The molecule has 2 unspecified atom stereocenters. The third-order valence-corrected chi connectivity index (χ3v) is 5.69. The number of rotatable bonds is 6. The van der Waals surface area contributed by atoms with Crippen LogP contribution in [0.1, 0.15) is 25.5 Å². The molecule has 1 aromatic rings. The molecule has 0 aromatic heterocycles. The second kappa shape index (κ2) is 8.28. The first-order valence-corrected chi connectivity index (χ1v) is 9.02. The number of nitrogens with zero attached hydrogens (tertiary/aromatic N) is 1. The Morgan fingerprint density at radius 2 is 2.08 bits per heavy atom. The van der Waals surface area contributed by atoms with Gasteiger partial charge in [0.05, 0.1) is 24.3 Å². The minimum Gasteiger partial charge on any atom is -0.497 e. The number of ether oxygens (including phenoxy) is 1. The first-order chi connectivity index (χ1) is 11.4. The molecule has 3 atom stereocenters. The van der Waals surface area contributed by atoms with Crippen molar-refractivity contribution < 1.29 is 14.3 Å². The summed E-state index contributed by atoms with van der Waals surface area (Å²) in [4.78, 5) is 25.6. The maximum atomic E-state index is 12.5. The molecule has 132 valence electrons. The smallest absolute Gasteiger partial charge is 0.315 e. The summed E-state index contributed by atoms with van der Waals surface area (Å²) in [5.74, 6) is 1.46. The summed E-state index contributed by atoms with van der Waals surface area (Å²) in [6.07, 6.45) is 0. The van der Waals surface area contributed by atoms with Crippen LogP contribution in [0.5, 0.6) is 5.75 Å². The number of hydrogen-bond acceptors (Lipinski definition) is 4. The maximum Gasteiger partial charge on any atom is 0.315 e. The van der Waals surface area contributed by atoms with Gasteiger partial charge in [0.1, 0.15) is 5.75 Å². The van der Waals surface area contributed by atoms with Crippen molar-refractivity contribution in [3.05, 3.63) is 29.8 Å². The molecule has 6 nitrogen and oxygen atoms in total. The Kier molecular flexibility index (Phi) is 6.36. The van der Waals surface area contributed by atoms with Crippen LogP contribution in [0.3, 0.4) is 0 Å². The topological polar surface area (TPSA) is 70.7 Å². The Balaban J connectivity index is 1.89. The predicted molar refractivity (Wildman–Crippen MR) is 96.1 cm³/mol. The van der Waals surface area contributed by atoms with Gasteiger partial charge in [-0.25, -0.2) is 4.79 Å². The monoisotopic (exact) mass is 351 g/mol. The summed E-state index contributed by atoms with van der Waals surface area (Å²) >= 11 is 1.48. The normalized spacial score (nSPS) is 21.4. The van der Waals surface area contributed by atoms with Gasteiger partial charge in [0, 0.05) is 19.5 Å². The number of amides is 3. The molecule has 24 heavy (non-hydrogen) atoms. The van der Waals surface area contributed by atoms with Crippen LogP contribution in [0.15, 0.2) is 24.3 Å². The van der Waals surface area contributed by atoms with E-state index in [9.17, 15) is 9.59 Å². The molecule has 1 aliphatic heterocycles. The molecule has 0 radical (unpaired) electrons. The van der Waals surface area contributed by atoms with Gasteiger partial charge in [-0.2, -0.15) is 0 Å². The molecule has 3 amide bonds. The zero-order chi connectivity index (χ0) is 17.7. The standard InChI is InChI=1S/C17H25N3O3S/c1-11-9-18-17(22)19-16(11)24-10-15(21)20(3)12(2)13-5-7-14(23-4)8-6-13/h5-8,11-12,16H,9-10H2,1-4H3,(H2,18,19,22)/t11?,12-,16?/m1/s1. The molecule has 1 saturated heterocycles. The lowest BCUT2D eigenvalue weighted by atomic mass is 10.1.